The maximum Gasteiger partial charge on any atom is 0.0665 e. The summed E-state index contributed by atoms with van der Waals surface area (Å²) < 4.78 is 0. The fourth-order valence-corrected chi connectivity index (χ4v) is 2.30. The maximum absolute atomic E-state index is 9.35. The first-order chi connectivity index (χ1) is 5.81. The summed E-state index contributed by atoms with van der Waals surface area (Å²) in [6, 6.07) is 0. The van der Waals surface area contributed by atoms with Gasteiger partial charge in [0.15, 0.2) is 0 Å². The molecule has 0 aromatic heterocycles. The second-order valence-corrected chi connectivity index (χ2v) is 4.10. The molecule has 12 heavy (non-hydrogen) atoms. The van der Waals surface area contributed by atoms with E-state index in [-0.39, 0.29) is 6.10 Å². The number of aliphatic hydroxyl groups excluding tert-OH is 1. The summed E-state index contributed by atoms with van der Waals surface area (Å²) in [6.07, 6.45) is 4.47. The minimum atomic E-state index is -0.106. The molecule has 3 N–H and O–H groups in total. The highest BCUT2D eigenvalue weighted by atomic mass is 16.3. The second kappa shape index (κ2) is 3.32. The van der Waals surface area contributed by atoms with Crippen molar-refractivity contribution in [3.63, 3.8) is 0 Å². The van der Waals surface area contributed by atoms with E-state index in [1.54, 1.807) is 0 Å². The lowest BCUT2D eigenvalue weighted by atomic mass is 9.80. The predicted molar refractivity (Wildman–Crippen MR) is 48.1 cm³/mol. The Hall–Kier alpha value is -0.120. The quantitative estimate of drug-likeness (QED) is 0.474. The lowest BCUT2D eigenvalue weighted by Crippen LogP contribution is -2.57. The van der Waals surface area contributed by atoms with Crippen molar-refractivity contribution in [2.45, 2.75) is 37.3 Å². The fourth-order valence-electron chi connectivity index (χ4n) is 2.30. The Morgan fingerprint density at radius 1 is 1.17 bits per heavy atom. The van der Waals surface area contributed by atoms with Gasteiger partial charge in [0.25, 0.3) is 0 Å². The van der Waals surface area contributed by atoms with Crippen molar-refractivity contribution >= 4 is 0 Å². The fraction of sp³-hybridized carbons (Fsp3) is 1.00. The Kier molecular flexibility index (Phi) is 2.35. The molecule has 0 saturated carbocycles. The average Bonchev–Trinajstić information content (AvgIpc) is 2.13. The van der Waals surface area contributed by atoms with Gasteiger partial charge in [0.1, 0.15) is 0 Å². The highest BCUT2D eigenvalue weighted by Crippen LogP contribution is 2.27. The van der Waals surface area contributed by atoms with Gasteiger partial charge < -0.3 is 15.7 Å². The van der Waals surface area contributed by atoms with Gasteiger partial charge in [-0.25, -0.2) is 0 Å². The van der Waals surface area contributed by atoms with Crippen molar-refractivity contribution in [1.29, 1.82) is 0 Å². The van der Waals surface area contributed by atoms with Crippen LogP contribution >= 0.6 is 0 Å². The Morgan fingerprint density at radius 2 is 1.92 bits per heavy atom. The lowest BCUT2D eigenvalue weighted by molar-refractivity contribution is 0.0785. The average molecular weight is 170 g/mol. The lowest BCUT2D eigenvalue weighted by Gasteiger charge is -2.43. The van der Waals surface area contributed by atoms with E-state index in [1.807, 2.05) is 0 Å². The standard InChI is InChI=1S/C9H18N2O/c12-8-1-2-9(11-7-8)3-5-10-6-4-9/h8,10-12H,1-7H2/t8-/m0/s1. The van der Waals surface area contributed by atoms with Gasteiger partial charge >= 0.3 is 0 Å². The number of hydrogen-bond acceptors (Lipinski definition) is 3. The molecule has 2 rings (SSSR count). The van der Waals surface area contributed by atoms with E-state index in [4.69, 9.17) is 0 Å². The summed E-state index contributed by atoms with van der Waals surface area (Å²) in [7, 11) is 0. The zero-order valence-electron chi connectivity index (χ0n) is 7.47. The molecule has 2 aliphatic rings. The molecule has 70 valence electrons. The van der Waals surface area contributed by atoms with E-state index < -0.39 is 0 Å². The Morgan fingerprint density at radius 3 is 2.50 bits per heavy atom. The molecule has 0 aliphatic carbocycles. The van der Waals surface area contributed by atoms with Gasteiger partial charge in [0, 0.05) is 12.1 Å². The molecule has 2 heterocycles. The minimum absolute atomic E-state index is 0.106. The van der Waals surface area contributed by atoms with E-state index in [0.29, 0.717) is 5.54 Å². The van der Waals surface area contributed by atoms with Crippen LogP contribution in [0.15, 0.2) is 0 Å². The molecule has 2 aliphatic heterocycles. The highest BCUT2D eigenvalue weighted by molar-refractivity contribution is 4.96. The van der Waals surface area contributed by atoms with Crippen molar-refractivity contribution in [2.75, 3.05) is 19.6 Å². The van der Waals surface area contributed by atoms with Crippen molar-refractivity contribution in [2.24, 2.45) is 0 Å². The molecule has 2 saturated heterocycles. The predicted octanol–water partition coefficient (Wildman–Crippen LogP) is -0.147. The number of hydrogen-bond donors (Lipinski definition) is 3. The van der Waals surface area contributed by atoms with Crippen LogP contribution < -0.4 is 10.6 Å². The van der Waals surface area contributed by atoms with E-state index >= 15 is 0 Å². The highest BCUT2D eigenvalue weighted by Gasteiger charge is 2.34. The van der Waals surface area contributed by atoms with Gasteiger partial charge in [-0.3, -0.25) is 0 Å². The Balaban J connectivity index is 1.92. The summed E-state index contributed by atoms with van der Waals surface area (Å²) in [5, 5.41) is 16.2. The molecule has 0 aromatic carbocycles. The van der Waals surface area contributed by atoms with E-state index in [9.17, 15) is 5.11 Å². The van der Waals surface area contributed by atoms with Gasteiger partial charge in [-0.1, -0.05) is 0 Å². The molecule has 0 unspecified atom stereocenters. The minimum Gasteiger partial charge on any atom is -0.392 e. The van der Waals surface area contributed by atoms with Gasteiger partial charge in [0.05, 0.1) is 6.10 Å². The molecule has 3 nitrogen and oxygen atoms in total. The summed E-state index contributed by atoms with van der Waals surface area (Å²) in [5.41, 5.74) is 0.366. The summed E-state index contributed by atoms with van der Waals surface area (Å²) in [6.45, 7) is 3.05. The van der Waals surface area contributed by atoms with Crippen LogP contribution in [0, 0.1) is 0 Å². The van der Waals surface area contributed by atoms with Crippen molar-refractivity contribution < 1.29 is 5.11 Å². The van der Waals surface area contributed by atoms with Gasteiger partial charge in [0.2, 0.25) is 0 Å². The first kappa shape index (κ1) is 8.48. The number of aliphatic hydroxyl groups is 1. The smallest absolute Gasteiger partial charge is 0.0665 e. The molecule has 1 spiro atoms. The molecular weight excluding hydrogens is 152 g/mol. The number of nitrogens with one attached hydrogen (secondary N) is 2. The SMILES string of the molecule is O[C@H]1CCC2(CCNCC2)NC1. The third-order valence-electron chi connectivity index (χ3n) is 3.23. The third-order valence-corrected chi connectivity index (χ3v) is 3.23. The summed E-state index contributed by atoms with van der Waals surface area (Å²) in [5.74, 6) is 0. The van der Waals surface area contributed by atoms with Gasteiger partial charge in [-0.05, 0) is 38.8 Å². The van der Waals surface area contributed by atoms with Crippen LogP contribution in [0.2, 0.25) is 0 Å². The number of piperidine rings is 2. The van der Waals surface area contributed by atoms with Crippen LogP contribution in [-0.4, -0.2) is 36.4 Å². The zero-order chi connectivity index (χ0) is 8.44. The zero-order valence-corrected chi connectivity index (χ0v) is 7.47. The van der Waals surface area contributed by atoms with Crippen LogP contribution in [0.5, 0.6) is 0 Å². The van der Waals surface area contributed by atoms with Gasteiger partial charge in [-0.2, -0.15) is 0 Å². The largest absolute Gasteiger partial charge is 0.392 e. The molecule has 3 heteroatoms. The van der Waals surface area contributed by atoms with E-state index in [2.05, 4.69) is 10.6 Å². The molecule has 1 atom stereocenters. The first-order valence-electron chi connectivity index (χ1n) is 4.95. The van der Waals surface area contributed by atoms with Crippen LogP contribution in [0.3, 0.4) is 0 Å². The Labute approximate surface area is 73.5 Å². The molecule has 0 aromatic rings. The maximum atomic E-state index is 9.35. The third kappa shape index (κ3) is 1.63. The summed E-state index contributed by atoms with van der Waals surface area (Å²) in [4.78, 5) is 0. The number of rotatable bonds is 0. The molecule has 0 radical (unpaired) electrons. The molecule has 2 fully saturated rings. The van der Waals surface area contributed by atoms with Crippen molar-refractivity contribution in [3.05, 3.63) is 0 Å². The van der Waals surface area contributed by atoms with Gasteiger partial charge in [-0.15, -0.1) is 0 Å². The normalized spacial score (nSPS) is 35.2. The van der Waals surface area contributed by atoms with Crippen molar-refractivity contribution in [3.8, 4) is 0 Å². The summed E-state index contributed by atoms with van der Waals surface area (Å²) >= 11 is 0. The second-order valence-electron chi connectivity index (χ2n) is 4.10. The van der Waals surface area contributed by atoms with E-state index in [0.717, 1.165) is 32.5 Å². The molecule has 0 bridgehead atoms. The van der Waals surface area contributed by atoms with Crippen LogP contribution in [0.25, 0.3) is 0 Å². The van der Waals surface area contributed by atoms with Crippen molar-refractivity contribution in [1.82, 2.24) is 10.6 Å². The van der Waals surface area contributed by atoms with Crippen LogP contribution in [0.4, 0.5) is 0 Å². The first-order valence-corrected chi connectivity index (χ1v) is 4.95. The van der Waals surface area contributed by atoms with E-state index in [1.165, 1.54) is 12.8 Å². The monoisotopic (exact) mass is 170 g/mol. The molecule has 0 amide bonds. The van der Waals surface area contributed by atoms with Crippen LogP contribution in [0.1, 0.15) is 25.7 Å². The Bertz CT molecular complexity index is 145. The molecular formula is C9H18N2O. The van der Waals surface area contributed by atoms with Crippen LogP contribution in [-0.2, 0) is 0 Å². The number of β-amino-alcohol motifs (C(OH)–C–C–N with tert-alkyl or cyclic N) is 1. The topological polar surface area (TPSA) is 44.3 Å².